The van der Waals surface area contributed by atoms with Crippen LogP contribution in [0.5, 0.6) is 0 Å². The van der Waals surface area contributed by atoms with Gasteiger partial charge < -0.3 is 5.84 Å². The molecule has 1 saturated heterocycles. The Kier molecular flexibility index (Phi) is 4.73. The van der Waals surface area contributed by atoms with Crippen LogP contribution in [0.4, 0.5) is 8.78 Å². The summed E-state index contributed by atoms with van der Waals surface area (Å²) in [5, 5.41) is 5.30. The Balaban J connectivity index is 1.94. The highest BCUT2D eigenvalue weighted by molar-refractivity contribution is 5.88. The second-order valence-corrected chi connectivity index (χ2v) is 5.74. The van der Waals surface area contributed by atoms with Crippen molar-refractivity contribution in [3.05, 3.63) is 71.3 Å². The maximum atomic E-state index is 13.7. The van der Waals surface area contributed by atoms with Crippen molar-refractivity contribution < 1.29 is 8.78 Å². The first-order valence-electron chi connectivity index (χ1n) is 7.62. The van der Waals surface area contributed by atoms with Gasteiger partial charge in [0.15, 0.2) is 5.84 Å². The number of benzene rings is 2. The number of amidine groups is 1. The second kappa shape index (κ2) is 6.94. The van der Waals surface area contributed by atoms with Crippen LogP contribution in [0.2, 0.25) is 0 Å². The predicted octanol–water partition coefficient (Wildman–Crippen LogP) is 1.97. The molecule has 5 nitrogen and oxygen atoms in total. The largest absolute Gasteiger partial charge is 0.321 e. The summed E-state index contributed by atoms with van der Waals surface area (Å²) in [6, 6.07) is 12.2. The third-order valence-corrected chi connectivity index (χ3v) is 4.13. The van der Waals surface area contributed by atoms with Gasteiger partial charge in [-0.2, -0.15) is 5.10 Å². The van der Waals surface area contributed by atoms with Gasteiger partial charge in [0, 0.05) is 19.6 Å². The zero-order valence-corrected chi connectivity index (χ0v) is 13.1. The summed E-state index contributed by atoms with van der Waals surface area (Å²) in [6.45, 7) is 1.74. The van der Waals surface area contributed by atoms with E-state index in [9.17, 15) is 8.78 Å². The van der Waals surface area contributed by atoms with Crippen LogP contribution in [0.1, 0.15) is 17.2 Å². The van der Waals surface area contributed by atoms with Gasteiger partial charge in [-0.05, 0) is 35.4 Å². The summed E-state index contributed by atoms with van der Waals surface area (Å²) in [6.07, 6.45) is 0. The molecule has 1 heterocycles. The first kappa shape index (κ1) is 16.4. The van der Waals surface area contributed by atoms with Crippen LogP contribution in [0.3, 0.4) is 0 Å². The molecule has 0 spiro atoms. The van der Waals surface area contributed by atoms with Crippen LogP contribution in [0.15, 0.2) is 53.6 Å². The van der Waals surface area contributed by atoms with Crippen molar-refractivity contribution >= 4 is 5.84 Å². The number of hydrazine groups is 1. The van der Waals surface area contributed by atoms with Crippen molar-refractivity contribution in [2.75, 3.05) is 13.1 Å². The first-order chi connectivity index (χ1) is 11.6. The molecule has 0 aromatic heterocycles. The van der Waals surface area contributed by atoms with E-state index < -0.39 is 0 Å². The summed E-state index contributed by atoms with van der Waals surface area (Å²) in [4.78, 5) is 2.09. The minimum atomic E-state index is -0.366. The quantitative estimate of drug-likeness (QED) is 0.666. The van der Waals surface area contributed by atoms with Crippen molar-refractivity contribution in [1.82, 2.24) is 9.91 Å². The van der Waals surface area contributed by atoms with E-state index in [2.05, 4.69) is 10.0 Å². The molecule has 2 aromatic carbocycles. The molecule has 0 radical (unpaired) electrons. The smallest absolute Gasteiger partial charge is 0.160 e. The molecule has 126 valence electrons. The van der Waals surface area contributed by atoms with Crippen LogP contribution in [0.25, 0.3) is 0 Å². The molecular formula is C17H19F2N5. The lowest BCUT2D eigenvalue weighted by Crippen LogP contribution is -2.55. The number of hydrogen-bond donors (Lipinski definition) is 2. The highest BCUT2D eigenvalue weighted by Crippen LogP contribution is 2.28. The number of nitrogens with two attached hydrogens (primary N) is 2. The summed E-state index contributed by atoms with van der Waals surface area (Å²) in [5.41, 5.74) is 1.66. The lowest BCUT2D eigenvalue weighted by Gasteiger charge is -2.41. The SMILES string of the molecule is N/N=C1/C(c2cccc(F)c2)N(Cc2ccc(F)cc2)CCN1N. The van der Waals surface area contributed by atoms with Crippen LogP contribution in [0, 0.1) is 11.6 Å². The summed E-state index contributed by atoms with van der Waals surface area (Å²) in [5.74, 6) is 11.4. The molecule has 1 atom stereocenters. The van der Waals surface area contributed by atoms with Crippen molar-refractivity contribution in [2.45, 2.75) is 12.6 Å². The zero-order chi connectivity index (χ0) is 17.1. The molecule has 1 aliphatic heterocycles. The Morgan fingerprint density at radius 3 is 2.46 bits per heavy atom. The monoisotopic (exact) mass is 331 g/mol. The Labute approximate surface area is 139 Å². The van der Waals surface area contributed by atoms with Gasteiger partial charge in [-0.3, -0.25) is 9.91 Å². The fraction of sp³-hybridized carbons (Fsp3) is 0.235. The summed E-state index contributed by atoms with van der Waals surface area (Å²) < 4.78 is 26.8. The fourth-order valence-electron chi connectivity index (χ4n) is 2.98. The second-order valence-electron chi connectivity index (χ2n) is 5.74. The van der Waals surface area contributed by atoms with Crippen molar-refractivity contribution in [1.29, 1.82) is 0 Å². The predicted molar refractivity (Wildman–Crippen MR) is 88.5 cm³/mol. The maximum absolute atomic E-state index is 13.7. The van der Waals surface area contributed by atoms with Gasteiger partial charge in [-0.25, -0.2) is 14.6 Å². The van der Waals surface area contributed by atoms with Gasteiger partial charge in [0.05, 0.1) is 6.04 Å². The molecule has 2 aromatic rings. The molecule has 3 rings (SSSR count). The van der Waals surface area contributed by atoms with Gasteiger partial charge in [0.1, 0.15) is 11.6 Å². The fourth-order valence-corrected chi connectivity index (χ4v) is 2.98. The standard InChI is InChI=1S/C17H19F2N5/c18-14-6-4-12(5-7-14)11-23-8-9-24(21)17(22-20)16(23)13-2-1-3-15(19)10-13/h1-7,10,16H,8-9,11,20-21H2/b22-17-. The van der Waals surface area contributed by atoms with Crippen LogP contribution >= 0.6 is 0 Å². The van der Waals surface area contributed by atoms with E-state index >= 15 is 0 Å². The normalized spacial score (nSPS) is 20.5. The zero-order valence-electron chi connectivity index (χ0n) is 13.1. The molecule has 0 aliphatic carbocycles. The minimum Gasteiger partial charge on any atom is -0.321 e. The molecule has 24 heavy (non-hydrogen) atoms. The van der Waals surface area contributed by atoms with E-state index in [0.29, 0.717) is 25.5 Å². The lowest BCUT2D eigenvalue weighted by atomic mass is 10.0. The highest BCUT2D eigenvalue weighted by Gasteiger charge is 2.33. The van der Waals surface area contributed by atoms with Crippen molar-refractivity contribution in [3.63, 3.8) is 0 Å². The Morgan fingerprint density at radius 1 is 1.04 bits per heavy atom. The van der Waals surface area contributed by atoms with Gasteiger partial charge in [-0.15, -0.1) is 0 Å². The van der Waals surface area contributed by atoms with E-state index in [1.165, 1.54) is 29.3 Å². The number of rotatable bonds is 3. The molecule has 0 saturated carbocycles. The van der Waals surface area contributed by atoms with E-state index in [1.807, 2.05) is 6.07 Å². The topological polar surface area (TPSA) is 70.9 Å². The maximum Gasteiger partial charge on any atom is 0.160 e. The highest BCUT2D eigenvalue weighted by atomic mass is 19.1. The molecule has 1 fully saturated rings. The molecule has 7 heteroatoms. The Morgan fingerprint density at radius 2 is 1.79 bits per heavy atom. The molecule has 0 bridgehead atoms. The number of piperazine rings is 1. The van der Waals surface area contributed by atoms with E-state index in [-0.39, 0.29) is 17.7 Å². The third-order valence-electron chi connectivity index (χ3n) is 4.13. The average Bonchev–Trinajstić information content (AvgIpc) is 2.58. The number of nitrogens with zero attached hydrogens (tertiary/aromatic N) is 3. The van der Waals surface area contributed by atoms with E-state index in [1.54, 1.807) is 18.2 Å². The molecule has 4 N–H and O–H groups in total. The number of halogens is 2. The minimum absolute atomic E-state index is 0.281. The van der Waals surface area contributed by atoms with Crippen molar-refractivity contribution in [3.8, 4) is 0 Å². The third kappa shape index (κ3) is 3.37. The number of hydrogen-bond acceptors (Lipinski definition) is 4. The lowest BCUT2D eigenvalue weighted by molar-refractivity contribution is 0.166. The van der Waals surface area contributed by atoms with E-state index in [0.717, 1.165) is 11.1 Å². The number of hydrazone groups is 1. The van der Waals surface area contributed by atoms with E-state index in [4.69, 9.17) is 11.7 Å². The molecular weight excluding hydrogens is 312 g/mol. The van der Waals surface area contributed by atoms with Gasteiger partial charge in [-0.1, -0.05) is 24.3 Å². The van der Waals surface area contributed by atoms with Gasteiger partial charge >= 0.3 is 0 Å². The molecule has 1 unspecified atom stereocenters. The Bertz CT molecular complexity index is 732. The molecule has 1 aliphatic rings. The van der Waals surface area contributed by atoms with Crippen LogP contribution in [-0.4, -0.2) is 28.8 Å². The summed E-state index contributed by atoms with van der Waals surface area (Å²) >= 11 is 0. The van der Waals surface area contributed by atoms with Crippen LogP contribution < -0.4 is 11.7 Å². The van der Waals surface area contributed by atoms with Gasteiger partial charge in [0.2, 0.25) is 0 Å². The summed E-state index contributed by atoms with van der Waals surface area (Å²) in [7, 11) is 0. The first-order valence-corrected chi connectivity index (χ1v) is 7.62. The molecule has 0 amide bonds. The Hall–Kier alpha value is -2.51. The average molecular weight is 331 g/mol. The van der Waals surface area contributed by atoms with Crippen molar-refractivity contribution in [2.24, 2.45) is 16.8 Å². The van der Waals surface area contributed by atoms with Gasteiger partial charge in [0.25, 0.3) is 0 Å². The van der Waals surface area contributed by atoms with Crippen LogP contribution in [-0.2, 0) is 6.54 Å².